The van der Waals surface area contributed by atoms with Gasteiger partial charge in [0.1, 0.15) is 0 Å². The fourth-order valence-corrected chi connectivity index (χ4v) is 4.40. The van der Waals surface area contributed by atoms with Crippen molar-refractivity contribution in [1.29, 1.82) is 0 Å². The smallest absolute Gasteiger partial charge is 0.225 e. The van der Waals surface area contributed by atoms with Crippen LogP contribution < -0.4 is 0 Å². The number of hydrogen-bond acceptors (Lipinski definition) is 3. The summed E-state index contributed by atoms with van der Waals surface area (Å²) in [5.74, 6) is 0.350. The van der Waals surface area contributed by atoms with Gasteiger partial charge in [0.05, 0.1) is 5.02 Å². The van der Waals surface area contributed by atoms with E-state index < -0.39 is 0 Å². The maximum absolute atomic E-state index is 12.0. The van der Waals surface area contributed by atoms with E-state index in [9.17, 15) is 4.79 Å². The number of benzene rings is 1. The molecule has 118 valence electrons. The second-order valence-corrected chi connectivity index (χ2v) is 7.61. The molecule has 0 bridgehead atoms. The van der Waals surface area contributed by atoms with E-state index >= 15 is 0 Å². The van der Waals surface area contributed by atoms with Gasteiger partial charge < -0.3 is 4.90 Å². The molecule has 1 aromatic carbocycles. The van der Waals surface area contributed by atoms with Gasteiger partial charge in [-0.2, -0.15) is 0 Å². The topological polar surface area (TPSA) is 23.6 Å². The van der Waals surface area contributed by atoms with Crippen LogP contribution in [0.3, 0.4) is 0 Å². The third-order valence-electron chi connectivity index (χ3n) is 4.15. The molecule has 0 spiro atoms. The molecular weight excluding hydrogens is 316 g/mol. The van der Waals surface area contributed by atoms with Crippen LogP contribution >= 0.6 is 22.9 Å². The summed E-state index contributed by atoms with van der Waals surface area (Å²) in [6.07, 6.45) is 0. The van der Waals surface area contributed by atoms with Crippen molar-refractivity contribution in [2.24, 2.45) is 5.92 Å². The van der Waals surface area contributed by atoms with E-state index in [-0.39, 0.29) is 11.8 Å². The van der Waals surface area contributed by atoms with Crippen LogP contribution in [0.1, 0.15) is 18.7 Å². The summed E-state index contributed by atoms with van der Waals surface area (Å²) in [4.78, 5) is 17.6. The number of fused-ring (bicyclic) bond motifs is 1. The van der Waals surface area contributed by atoms with Gasteiger partial charge in [-0.1, -0.05) is 43.6 Å². The zero-order valence-electron chi connectivity index (χ0n) is 13.0. The molecule has 0 aliphatic carbocycles. The average molecular weight is 337 g/mol. The monoisotopic (exact) mass is 336 g/mol. The van der Waals surface area contributed by atoms with Crippen LogP contribution in [0.2, 0.25) is 5.02 Å². The Kier molecular flexibility index (Phi) is 4.71. The van der Waals surface area contributed by atoms with Crippen LogP contribution in [-0.4, -0.2) is 41.9 Å². The Bertz CT molecular complexity index is 674. The van der Waals surface area contributed by atoms with Crippen molar-refractivity contribution in [3.63, 3.8) is 0 Å². The molecule has 0 N–H and O–H groups in total. The summed E-state index contributed by atoms with van der Waals surface area (Å²) >= 11 is 8.29. The molecule has 0 atom stereocenters. The van der Waals surface area contributed by atoms with Gasteiger partial charge >= 0.3 is 0 Å². The Morgan fingerprint density at radius 3 is 2.55 bits per heavy atom. The molecule has 0 unspecified atom stereocenters. The minimum Gasteiger partial charge on any atom is -0.340 e. The van der Waals surface area contributed by atoms with Gasteiger partial charge in [0.15, 0.2) is 0 Å². The zero-order chi connectivity index (χ0) is 15.7. The summed E-state index contributed by atoms with van der Waals surface area (Å²) in [5, 5.41) is 2.04. The molecule has 1 aromatic heterocycles. The summed E-state index contributed by atoms with van der Waals surface area (Å²) in [6, 6.07) is 8.28. The third kappa shape index (κ3) is 3.14. The Balaban J connectivity index is 1.65. The van der Waals surface area contributed by atoms with Gasteiger partial charge in [-0.05, 0) is 6.07 Å². The Morgan fingerprint density at radius 1 is 1.23 bits per heavy atom. The number of carbonyl (C=O) groups is 1. The predicted octanol–water partition coefficient (Wildman–Crippen LogP) is 3.85. The van der Waals surface area contributed by atoms with Crippen LogP contribution in [0.25, 0.3) is 10.1 Å². The number of piperazine rings is 1. The highest BCUT2D eigenvalue weighted by molar-refractivity contribution is 7.19. The highest BCUT2D eigenvalue weighted by atomic mass is 35.5. The van der Waals surface area contributed by atoms with Crippen molar-refractivity contribution in [3.8, 4) is 0 Å². The van der Waals surface area contributed by atoms with Crippen LogP contribution in [0.4, 0.5) is 0 Å². The summed E-state index contributed by atoms with van der Waals surface area (Å²) in [6.45, 7) is 8.28. The second kappa shape index (κ2) is 6.57. The molecule has 1 amide bonds. The van der Waals surface area contributed by atoms with Gasteiger partial charge in [0.2, 0.25) is 5.91 Å². The number of hydrogen-bond donors (Lipinski definition) is 0. The maximum atomic E-state index is 12.0. The Labute approximate surface area is 140 Å². The number of thiophene rings is 1. The Morgan fingerprint density at radius 2 is 1.91 bits per heavy atom. The number of halogens is 1. The quantitative estimate of drug-likeness (QED) is 0.849. The molecular formula is C17H21ClN2OS. The van der Waals surface area contributed by atoms with E-state index in [2.05, 4.69) is 23.1 Å². The van der Waals surface area contributed by atoms with Gasteiger partial charge in [-0.3, -0.25) is 9.69 Å². The van der Waals surface area contributed by atoms with Crippen LogP contribution in [-0.2, 0) is 11.3 Å². The number of amides is 1. The third-order valence-corrected chi connectivity index (χ3v) is 5.85. The molecule has 1 saturated heterocycles. The van der Waals surface area contributed by atoms with E-state index in [0.717, 1.165) is 43.1 Å². The highest BCUT2D eigenvalue weighted by Crippen LogP contribution is 2.35. The number of rotatable bonds is 3. The lowest BCUT2D eigenvalue weighted by molar-refractivity contribution is -0.136. The minimum atomic E-state index is 0.0867. The first kappa shape index (κ1) is 15.8. The molecule has 3 rings (SSSR count). The summed E-state index contributed by atoms with van der Waals surface area (Å²) in [7, 11) is 0. The van der Waals surface area contributed by atoms with Crippen molar-refractivity contribution < 1.29 is 4.79 Å². The predicted molar refractivity (Wildman–Crippen MR) is 93.5 cm³/mol. The minimum absolute atomic E-state index is 0.0867. The molecule has 0 radical (unpaired) electrons. The van der Waals surface area contributed by atoms with Crippen molar-refractivity contribution in [2.45, 2.75) is 20.4 Å². The maximum Gasteiger partial charge on any atom is 0.225 e. The molecule has 22 heavy (non-hydrogen) atoms. The standard InChI is InChI=1S/C17H21ClN2OS/c1-12(2)17(21)20-9-7-19(8-10-20)11-15-16(18)13-5-3-4-6-14(13)22-15/h3-6,12H,7-11H2,1-2H3. The fraction of sp³-hybridized carbons (Fsp3) is 0.471. The van der Waals surface area contributed by atoms with E-state index in [1.165, 1.54) is 9.58 Å². The lowest BCUT2D eigenvalue weighted by Gasteiger charge is -2.35. The van der Waals surface area contributed by atoms with Gasteiger partial charge in [-0.25, -0.2) is 0 Å². The van der Waals surface area contributed by atoms with Crippen LogP contribution in [0.5, 0.6) is 0 Å². The molecule has 0 saturated carbocycles. The normalized spacial score (nSPS) is 16.6. The lowest BCUT2D eigenvalue weighted by atomic mass is 10.1. The van der Waals surface area contributed by atoms with Crippen LogP contribution in [0, 0.1) is 5.92 Å². The van der Waals surface area contributed by atoms with Crippen molar-refractivity contribution in [2.75, 3.05) is 26.2 Å². The molecule has 3 nitrogen and oxygen atoms in total. The highest BCUT2D eigenvalue weighted by Gasteiger charge is 2.23. The van der Waals surface area contributed by atoms with Gasteiger partial charge in [0, 0.05) is 53.6 Å². The first-order valence-corrected chi connectivity index (χ1v) is 8.92. The fourth-order valence-electron chi connectivity index (χ4n) is 2.86. The first-order chi connectivity index (χ1) is 10.6. The van der Waals surface area contributed by atoms with Crippen molar-refractivity contribution in [3.05, 3.63) is 34.2 Å². The average Bonchev–Trinajstić information content (AvgIpc) is 2.84. The van der Waals surface area contributed by atoms with E-state index in [1.54, 1.807) is 11.3 Å². The summed E-state index contributed by atoms with van der Waals surface area (Å²) < 4.78 is 1.25. The SMILES string of the molecule is CC(C)C(=O)N1CCN(Cc2sc3ccccc3c2Cl)CC1. The molecule has 2 heterocycles. The summed E-state index contributed by atoms with van der Waals surface area (Å²) in [5.41, 5.74) is 0. The largest absolute Gasteiger partial charge is 0.340 e. The molecule has 1 fully saturated rings. The zero-order valence-corrected chi connectivity index (χ0v) is 14.6. The van der Waals surface area contributed by atoms with E-state index in [0.29, 0.717) is 0 Å². The molecule has 1 aliphatic heterocycles. The van der Waals surface area contributed by atoms with E-state index in [1.807, 2.05) is 24.8 Å². The lowest BCUT2D eigenvalue weighted by Crippen LogP contribution is -2.49. The Hall–Kier alpha value is -1.10. The number of nitrogens with zero attached hydrogens (tertiary/aromatic N) is 2. The van der Waals surface area contributed by atoms with Crippen molar-refractivity contribution >= 4 is 38.9 Å². The van der Waals surface area contributed by atoms with E-state index in [4.69, 9.17) is 11.6 Å². The van der Waals surface area contributed by atoms with Crippen molar-refractivity contribution in [1.82, 2.24) is 9.80 Å². The van der Waals surface area contributed by atoms with Gasteiger partial charge in [-0.15, -0.1) is 11.3 Å². The first-order valence-electron chi connectivity index (χ1n) is 7.73. The molecule has 1 aliphatic rings. The van der Waals surface area contributed by atoms with Gasteiger partial charge in [0.25, 0.3) is 0 Å². The molecule has 2 aromatic rings. The van der Waals surface area contributed by atoms with Crippen LogP contribution in [0.15, 0.2) is 24.3 Å². The second-order valence-electron chi connectivity index (χ2n) is 6.09. The number of carbonyl (C=O) groups excluding carboxylic acids is 1. The molecule has 5 heteroatoms.